The Kier molecular flexibility index (Phi) is 3.75. The minimum atomic E-state index is -0.360. The van der Waals surface area contributed by atoms with Gasteiger partial charge in [0.25, 0.3) is 5.91 Å². The first kappa shape index (κ1) is 13.8. The third kappa shape index (κ3) is 2.83. The van der Waals surface area contributed by atoms with Crippen molar-refractivity contribution in [3.8, 4) is 11.3 Å². The Morgan fingerprint density at radius 2 is 2.14 bits per heavy atom. The van der Waals surface area contributed by atoms with Crippen molar-refractivity contribution in [1.29, 1.82) is 0 Å². The number of piperazine rings is 1. The van der Waals surface area contributed by atoms with Crippen LogP contribution in [0.3, 0.4) is 0 Å². The zero-order chi connectivity index (χ0) is 14.8. The molecular weight excluding hydrogens is 271 g/mol. The summed E-state index contributed by atoms with van der Waals surface area (Å²) in [6.07, 6.45) is 0. The van der Waals surface area contributed by atoms with Gasteiger partial charge in [-0.3, -0.25) is 4.79 Å². The van der Waals surface area contributed by atoms with Gasteiger partial charge >= 0.3 is 0 Å². The van der Waals surface area contributed by atoms with Gasteiger partial charge in [0.2, 0.25) is 0 Å². The standard InChI is InChI=1S/C16H17FN2O2/c1-11-10-19(9-8-18-11)16(20)15-7-6-14(21-15)12-4-2-3-5-13(12)17/h2-7,11,18H,8-10H2,1H3/t11-/m0/s1. The van der Waals surface area contributed by atoms with Crippen LogP contribution in [0.15, 0.2) is 40.8 Å². The van der Waals surface area contributed by atoms with E-state index in [0.717, 1.165) is 6.54 Å². The zero-order valence-corrected chi connectivity index (χ0v) is 11.8. The Bertz CT molecular complexity index is 653. The van der Waals surface area contributed by atoms with Crippen LogP contribution < -0.4 is 5.32 Å². The molecule has 0 unspecified atom stereocenters. The minimum Gasteiger partial charge on any atom is -0.451 e. The van der Waals surface area contributed by atoms with E-state index in [-0.39, 0.29) is 23.5 Å². The number of rotatable bonds is 2. The van der Waals surface area contributed by atoms with Crippen molar-refractivity contribution in [2.45, 2.75) is 13.0 Å². The molecule has 5 heteroatoms. The number of carbonyl (C=O) groups is 1. The molecule has 21 heavy (non-hydrogen) atoms. The summed E-state index contributed by atoms with van der Waals surface area (Å²) >= 11 is 0. The van der Waals surface area contributed by atoms with E-state index in [1.54, 1.807) is 35.2 Å². The van der Waals surface area contributed by atoms with Crippen molar-refractivity contribution >= 4 is 5.91 Å². The second-order valence-corrected chi connectivity index (χ2v) is 5.25. The summed E-state index contributed by atoms with van der Waals surface area (Å²) < 4.78 is 19.3. The predicted octanol–water partition coefficient (Wildman–Crippen LogP) is 2.52. The van der Waals surface area contributed by atoms with Crippen molar-refractivity contribution < 1.29 is 13.6 Å². The van der Waals surface area contributed by atoms with Crippen LogP contribution >= 0.6 is 0 Å². The molecular formula is C16H17FN2O2. The van der Waals surface area contributed by atoms with E-state index < -0.39 is 0 Å². The lowest BCUT2D eigenvalue weighted by Crippen LogP contribution is -2.51. The number of hydrogen-bond acceptors (Lipinski definition) is 3. The second kappa shape index (κ2) is 5.69. The highest BCUT2D eigenvalue weighted by Gasteiger charge is 2.24. The summed E-state index contributed by atoms with van der Waals surface area (Å²) in [5.74, 6) is 0.120. The fourth-order valence-electron chi connectivity index (χ4n) is 2.53. The summed E-state index contributed by atoms with van der Waals surface area (Å²) in [5, 5.41) is 3.28. The molecule has 3 rings (SSSR count). The minimum absolute atomic E-state index is 0.147. The van der Waals surface area contributed by atoms with E-state index in [9.17, 15) is 9.18 Å². The highest BCUT2D eigenvalue weighted by molar-refractivity contribution is 5.92. The smallest absolute Gasteiger partial charge is 0.289 e. The van der Waals surface area contributed by atoms with E-state index in [1.165, 1.54) is 6.07 Å². The molecule has 2 heterocycles. The maximum Gasteiger partial charge on any atom is 0.289 e. The van der Waals surface area contributed by atoms with Gasteiger partial charge < -0.3 is 14.6 Å². The van der Waals surface area contributed by atoms with Crippen LogP contribution in [0.25, 0.3) is 11.3 Å². The van der Waals surface area contributed by atoms with E-state index in [2.05, 4.69) is 5.32 Å². The van der Waals surface area contributed by atoms with Gasteiger partial charge in [0, 0.05) is 25.7 Å². The summed E-state index contributed by atoms with van der Waals surface area (Å²) in [6.45, 7) is 4.10. The van der Waals surface area contributed by atoms with Gasteiger partial charge in [-0.05, 0) is 31.2 Å². The molecule has 1 atom stereocenters. The Balaban J connectivity index is 1.82. The van der Waals surface area contributed by atoms with Crippen LogP contribution in [0.2, 0.25) is 0 Å². The second-order valence-electron chi connectivity index (χ2n) is 5.25. The third-order valence-electron chi connectivity index (χ3n) is 3.61. The summed E-state index contributed by atoms with van der Waals surface area (Å²) in [7, 11) is 0. The Labute approximate surface area is 122 Å². The Morgan fingerprint density at radius 3 is 2.90 bits per heavy atom. The number of carbonyl (C=O) groups excluding carboxylic acids is 1. The maximum atomic E-state index is 13.7. The Morgan fingerprint density at radius 1 is 1.33 bits per heavy atom. The van der Waals surface area contributed by atoms with Crippen molar-refractivity contribution in [1.82, 2.24) is 10.2 Å². The van der Waals surface area contributed by atoms with E-state index in [0.29, 0.717) is 24.4 Å². The Hall–Kier alpha value is -2.14. The number of benzene rings is 1. The highest BCUT2D eigenvalue weighted by Crippen LogP contribution is 2.25. The molecule has 1 aliphatic heterocycles. The van der Waals surface area contributed by atoms with Crippen LogP contribution in [-0.2, 0) is 0 Å². The highest BCUT2D eigenvalue weighted by atomic mass is 19.1. The molecule has 0 saturated carbocycles. The quantitative estimate of drug-likeness (QED) is 0.923. The molecule has 1 fully saturated rings. The first-order valence-electron chi connectivity index (χ1n) is 7.02. The van der Waals surface area contributed by atoms with Crippen molar-refractivity contribution in [2.75, 3.05) is 19.6 Å². The van der Waals surface area contributed by atoms with Gasteiger partial charge in [0.05, 0.1) is 5.56 Å². The van der Waals surface area contributed by atoms with Gasteiger partial charge in [-0.15, -0.1) is 0 Å². The normalized spacial score (nSPS) is 18.8. The first-order valence-corrected chi connectivity index (χ1v) is 7.02. The molecule has 110 valence electrons. The monoisotopic (exact) mass is 288 g/mol. The van der Waals surface area contributed by atoms with Gasteiger partial charge in [0.15, 0.2) is 5.76 Å². The fourth-order valence-corrected chi connectivity index (χ4v) is 2.53. The SMILES string of the molecule is C[C@H]1CN(C(=O)c2ccc(-c3ccccc3F)o2)CCN1. The van der Waals surface area contributed by atoms with E-state index in [4.69, 9.17) is 4.42 Å². The first-order chi connectivity index (χ1) is 10.1. The molecule has 0 aliphatic carbocycles. The van der Waals surface area contributed by atoms with Crippen LogP contribution in [0.4, 0.5) is 4.39 Å². The summed E-state index contributed by atoms with van der Waals surface area (Å²) in [6, 6.07) is 9.88. The molecule has 0 spiro atoms. The van der Waals surface area contributed by atoms with Gasteiger partial charge in [-0.1, -0.05) is 12.1 Å². The van der Waals surface area contributed by atoms with Crippen LogP contribution in [0, 0.1) is 5.82 Å². The molecule has 2 aromatic rings. The molecule has 1 amide bonds. The average molecular weight is 288 g/mol. The van der Waals surface area contributed by atoms with Crippen LogP contribution in [0.5, 0.6) is 0 Å². The lowest BCUT2D eigenvalue weighted by Gasteiger charge is -2.31. The molecule has 0 radical (unpaired) electrons. The number of hydrogen-bond donors (Lipinski definition) is 1. The fraction of sp³-hybridized carbons (Fsp3) is 0.312. The third-order valence-corrected chi connectivity index (χ3v) is 3.61. The number of nitrogens with one attached hydrogen (secondary N) is 1. The molecule has 4 nitrogen and oxygen atoms in total. The maximum absolute atomic E-state index is 13.7. The van der Waals surface area contributed by atoms with Gasteiger partial charge in [0.1, 0.15) is 11.6 Å². The van der Waals surface area contributed by atoms with E-state index >= 15 is 0 Å². The number of amides is 1. The molecule has 1 aromatic heterocycles. The zero-order valence-electron chi connectivity index (χ0n) is 11.8. The number of furan rings is 1. The topological polar surface area (TPSA) is 45.5 Å². The van der Waals surface area contributed by atoms with Crippen molar-refractivity contribution in [3.05, 3.63) is 48.0 Å². The molecule has 0 bridgehead atoms. The number of halogens is 1. The van der Waals surface area contributed by atoms with Gasteiger partial charge in [-0.25, -0.2) is 4.39 Å². The summed E-state index contributed by atoms with van der Waals surface area (Å²) in [4.78, 5) is 14.1. The molecule has 1 aromatic carbocycles. The molecule has 1 aliphatic rings. The summed E-state index contributed by atoms with van der Waals surface area (Å²) in [5.41, 5.74) is 0.366. The van der Waals surface area contributed by atoms with Crippen LogP contribution in [0.1, 0.15) is 17.5 Å². The predicted molar refractivity (Wildman–Crippen MR) is 77.5 cm³/mol. The molecule has 1 N–H and O–H groups in total. The molecule has 1 saturated heterocycles. The average Bonchev–Trinajstić information content (AvgIpc) is 2.96. The largest absolute Gasteiger partial charge is 0.451 e. The lowest BCUT2D eigenvalue weighted by molar-refractivity contribution is 0.0678. The lowest BCUT2D eigenvalue weighted by atomic mass is 10.1. The van der Waals surface area contributed by atoms with Crippen molar-refractivity contribution in [3.63, 3.8) is 0 Å². The van der Waals surface area contributed by atoms with Gasteiger partial charge in [-0.2, -0.15) is 0 Å². The van der Waals surface area contributed by atoms with Crippen molar-refractivity contribution in [2.24, 2.45) is 0 Å². The van der Waals surface area contributed by atoms with Crippen LogP contribution in [-0.4, -0.2) is 36.5 Å². The number of nitrogens with zero attached hydrogens (tertiary/aromatic N) is 1. The van der Waals surface area contributed by atoms with E-state index in [1.807, 2.05) is 6.92 Å².